The molecule has 0 saturated heterocycles. The van der Waals surface area contributed by atoms with E-state index in [2.05, 4.69) is 79.9 Å². The normalized spacial score (nSPS) is 14.5. The number of quaternary nitrogens is 1. The fourth-order valence-electron chi connectivity index (χ4n) is 7.60. The van der Waals surface area contributed by atoms with Gasteiger partial charge >= 0.3 is 0 Å². The van der Waals surface area contributed by atoms with E-state index in [9.17, 15) is 19.4 Å². The fraction of sp³-hybridized carbons (Fsp3) is 0.800. The molecule has 0 spiro atoms. The first-order chi connectivity index (χ1) is 31.0. The van der Waals surface area contributed by atoms with Crippen molar-refractivity contribution in [2.24, 2.45) is 0 Å². The number of aliphatic hydroxyl groups is 1. The fourth-order valence-corrected chi connectivity index (χ4v) is 8.32. The summed E-state index contributed by atoms with van der Waals surface area (Å²) in [5.74, 6) is -0.167. The second-order valence-corrected chi connectivity index (χ2v) is 20.6. The highest BCUT2D eigenvalue weighted by molar-refractivity contribution is 7.45. The molecule has 2 N–H and O–H groups in total. The second-order valence-electron chi connectivity index (χ2n) is 19.2. The highest BCUT2D eigenvalue weighted by atomic mass is 31.2. The molecule has 374 valence electrons. The molecule has 3 atom stereocenters. The number of rotatable bonds is 48. The van der Waals surface area contributed by atoms with Crippen LogP contribution in [0.25, 0.3) is 0 Å². The Labute approximate surface area is 396 Å². The maximum atomic E-state index is 12.9. The summed E-state index contributed by atoms with van der Waals surface area (Å²) < 4.78 is 23.3. The Balaban J connectivity index is 3.95. The molecule has 0 aliphatic carbocycles. The van der Waals surface area contributed by atoms with Crippen LogP contribution in [0.3, 0.4) is 0 Å². The zero-order chi connectivity index (χ0) is 47.1. The number of likely N-dealkylation sites (N-methyl/N-ethyl adjacent to an activating group) is 1. The van der Waals surface area contributed by atoms with Gasteiger partial charge in [-0.1, -0.05) is 229 Å². The van der Waals surface area contributed by atoms with Crippen molar-refractivity contribution in [1.82, 2.24) is 5.32 Å². The molecule has 0 heterocycles. The van der Waals surface area contributed by atoms with Crippen molar-refractivity contribution < 1.29 is 32.9 Å². The Morgan fingerprint density at radius 3 is 1.39 bits per heavy atom. The number of carbonyl (C=O) groups excluding carboxylic acids is 1. The Hall–Kier alpha value is -1.80. The van der Waals surface area contributed by atoms with Crippen LogP contribution in [0.5, 0.6) is 0 Å². The van der Waals surface area contributed by atoms with Crippen LogP contribution in [-0.2, 0) is 18.4 Å². The lowest BCUT2D eigenvalue weighted by Gasteiger charge is -2.30. The number of nitrogens with one attached hydrogen (secondary N) is 1. The molecule has 8 nitrogen and oxygen atoms in total. The Kier molecular flexibility index (Phi) is 45.0. The summed E-state index contributed by atoms with van der Waals surface area (Å²) in [4.78, 5) is 25.4. The van der Waals surface area contributed by atoms with Gasteiger partial charge in [0.2, 0.25) is 5.91 Å². The maximum absolute atomic E-state index is 12.9. The molecule has 0 fully saturated rings. The number of phosphoric acid groups is 1. The molecule has 64 heavy (non-hydrogen) atoms. The third-order valence-corrected chi connectivity index (χ3v) is 12.7. The monoisotopic (exact) mass is 919 g/mol. The van der Waals surface area contributed by atoms with E-state index in [0.29, 0.717) is 23.9 Å². The molecule has 0 aromatic rings. The number of hydrogen-bond acceptors (Lipinski definition) is 6. The largest absolute Gasteiger partial charge is 0.756 e. The van der Waals surface area contributed by atoms with Crippen LogP contribution in [0.1, 0.15) is 232 Å². The number of carbonyl (C=O) groups is 1. The lowest BCUT2D eigenvalue weighted by atomic mass is 10.0. The highest BCUT2D eigenvalue weighted by Crippen LogP contribution is 2.38. The Morgan fingerprint density at radius 2 is 0.953 bits per heavy atom. The van der Waals surface area contributed by atoms with Crippen LogP contribution < -0.4 is 10.2 Å². The quantitative estimate of drug-likeness (QED) is 0.0272. The zero-order valence-electron chi connectivity index (χ0n) is 42.5. The minimum atomic E-state index is -4.56. The first-order valence-electron chi connectivity index (χ1n) is 26.6. The van der Waals surface area contributed by atoms with Gasteiger partial charge in [0, 0.05) is 6.42 Å². The molecule has 0 aliphatic heterocycles. The number of allylic oxidation sites excluding steroid dienone is 10. The molecule has 9 heteroatoms. The summed E-state index contributed by atoms with van der Waals surface area (Å²) in [5.41, 5.74) is 0. The molecule has 0 radical (unpaired) electrons. The van der Waals surface area contributed by atoms with E-state index in [1.807, 2.05) is 21.1 Å². The van der Waals surface area contributed by atoms with Gasteiger partial charge in [-0.25, -0.2) is 0 Å². The van der Waals surface area contributed by atoms with Crippen LogP contribution in [0.2, 0.25) is 0 Å². The molecule has 0 aromatic carbocycles. The average Bonchev–Trinajstić information content (AvgIpc) is 3.25. The molecule has 0 aromatic heterocycles. The van der Waals surface area contributed by atoms with Gasteiger partial charge in [0.1, 0.15) is 13.2 Å². The smallest absolute Gasteiger partial charge is 0.268 e. The lowest BCUT2D eigenvalue weighted by Crippen LogP contribution is -2.46. The van der Waals surface area contributed by atoms with E-state index in [-0.39, 0.29) is 19.1 Å². The third-order valence-electron chi connectivity index (χ3n) is 11.8. The zero-order valence-corrected chi connectivity index (χ0v) is 43.4. The Bertz CT molecular complexity index is 1230. The average molecular weight is 919 g/mol. The van der Waals surface area contributed by atoms with Crippen LogP contribution in [0.15, 0.2) is 60.8 Å². The van der Waals surface area contributed by atoms with Crippen molar-refractivity contribution in [3.05, 3.63) is 60.8 Å². The van der Waals surface area contributed by atoms with Gasteiger partial charge in [0.15, 0.2) is 0 Å². The standard InChI is InChI=1S/C55H103N2O6P/c1-6-8-10-12-14-16-17-18-19-20-21-22-23-24-25-26-27-28-29-30-31-32-33-34-35-36-37-38-39-41-43-45-47-49-55(59)56-53(52-63-64(60,61)62-51-50-57(3,4)5)54(58)48-46-44-42-40-15-13-11-9-7-2/h8,10,14,16,18-19,21-22,24-25,53-54,58H,6-7,9,11-13,15,17,20,23,26-52H2,1-5H3,(H-,56,59,60,61)/b10-8-,16-14-,19-18-,22-21-,25-24-. The number of nitrogens with zero attached hydrogens (tertiary/aromatic N) is 1. The molecule has 0 bridgehead atoms. The van der Waals surface area contributed by atoms with Crippen LogP contribution in [-0.4, -0.2) is 68.5 Å². The molecule has 1 amide bonds. The van der Waals surface area contributed by atoms with Crippen molar-refractivity contribution in [2.45, 2.75) is 244 Å². The topological polar surface area (TPSA) is 108 Å². The number of phosphoric ester groups is 1. The van der Waals surface area contributed by atoms with E-state index in [0.717, 1.165) is 70.6 Å². The second kappa shape index (κ2) is 46.3. The van der Waals surface area contributed by atoms with E-state index in [4.69, 9.17) is 9.05 Å². The molecular weight excluding hydrogens is 816 g/mol. The van der Waals surface area contributed by atoms with Crippen LogP contribution in [0.4, 0.5) is 0 Å². The number of unbranched alkanes of at least 4 members (excludes halogenated alkanes) is 25. The van der Waals surface area contributed by atoms with Gasteiger partial charge in [0.05, 0.1) is 39.9 Å². The van der Waals surface area contributed by atoms with Gasteiger partial charge < -0.3 is 28.8 Å². The molecular formula is C55H103N2O6P. The Morgan fingerprint density at radius 1 is 0.562 bits per heavy atom. The van der Waals surface area contributed by atoms with Gasteiger partial charge in [-0.05, 0) is 57.8 Å². The van der Waals surface area contributed by atoms with Crippen molar-refractivity contribution in [2.75, 3.05) is 40.9 Å². The van der Waals surface area contributed by atoms with E-state index in [1.54, 1.807) is 0 Å². The summed E-state index contributed by atoms with van der Waals surface area (Å²) in [6.45, 7) is 4.58. The van der Waals surface area contributed by atoms with Gasteiger partial charge in [0.25, 0.3) is 7.82 Å². The van der Waals surface area contributed by atoms with Crippen LogP contribution in [0, 0.1) is 0 Å². The lowest BCUT2D eigenvalue weighted by molar-refractivity contribution is -0.870. The minimum absolute atomic E-state index is 0.0115. The SMILES string of the molecule is CC/C=C\C/C=C\C/C=C\C/C=C\C/C=C\CCCCCCCCCCCCCCCCCCCC(=O)NC(COP(=O)([O-])OCC[N+](C)(C)C)C(O)CCCCCCCCCCC. The van der Waals surface area contributed by atoms with Crippen molar-refractivity contribution in [1.29, 1.82) is 0 Å². The summed E-state index contributed by atoms with van der Waals surface area (Å²) in [5, 5.41) is 13.9. The highest BCUT2D eigenvalue weighted by Gasteiger charge is 2.24. The minimum Gasteiger partial charge on any atom is -0.756 e. The van der Waals surface area contributed by atoms with Gasteiger partial charge in [-0.2, -0.15) is 0 Å². The number of aliphatic hydroxyl groups excluding tert-OH is 1. The summed E-state index contributed by atoms with van der Waals surface area (Å²) in [7, 11) is 1.30. The predicted molar refractivity (Wildman–Crippen MR) is 274 cm³/mol. The predicted octanol–water partition coefficient (Wildman–Crippen LogP) is 15.1. The first kappa shape index (κ1) is 62.2. The number of amides is 1. The number of hydrogen-bond donors (Lipinski definition) is 2. The van der Waals surface area contributed by atoms with Crippen molar-refractivity contribution >= 4 is 13.7 Å². The molecule has 0 saturated carbocycles. The first-order valence-corrected chi connectivity index (χ1v) is 28.1. The summed E-state index contributed by atoms with van der Waals surface area (Å²) in [6.07, 6.45) is 61.2. The van der Waals surface area contributed by atoms with Gasteiger partial charge in [-0.3, -0.25) is 9.36 Å². The van der Waals surface area contributed by atoms with E-state index < -0.39 is 20.0 Å². The van der Waals surface area contributed by atoms with E-state index in [1.165, 1.54) is 135 Å². The van der Waals surface area contributed by atoms with E-state index >= 15 is 0 Å². The third kappa shape index (κ3) is 48.1. The summed E-state index contributed by atoms with van der Waals surface area (Å²) >= 11 is 0. The molecule has 0 aliphatic rings. The molecule has 3 unspecified atom stereocenters. The van der Waals surface area contributed by atoms with Crippen LogP contribution >= 0.6 is 7.82 Å². The van der Waals surface area contributed by atoms with Gasteiger partial charge in [-0.15, -0.1) is 0 Å². The van der Waals surface area contributed by atoms with Crippen molar-refractivity contribution in [3.63, 3.8) is 0 Å². The summed E-state index contributed by atoms with van der Waals surface area (Å²) in [6, 6.07) is -0.799. The maximum Gasteiger partial charge on any atom is 0.268 e. The van der Waals surface area contributed by atoms with Crippen molar-refractivity contribution in [3.8, 4) is 0 Å². The molecule has 0 rings (SSSR count).